The number of fused-ring (bicyclic) bond motifs is 1. The molecule has 4 heteroatoms. The van der Waals surface area contributed by atoms with Crippen LogP contribution >= 0.6 is 0 Å². The number of amides is 1. The summed E-state index contributed by atoms with van der Waals surface area (Å²) in [6, 6.07) is 6.09. The molecule has 24 heavy (non-hydrogen) atoms. The van der Waals surface area contributed by atoms with Gasteiger partial charge in [-0.1, -0.05) is 18.2 Å². The van der Waals surface area contributed by atoms with E-state index in [1.807, 2.05) is 12.1 Å². The molecule has 1 aromatic rings. The van der Waals surface area contributed by atoms with Crippen molar-refractivity contribution in [2.24, 2.45) is 5.92 Å². The molecule has 2 aliphatic heterocycles. The summed E-state index contributed by atoms with van der Waals surface area (Å²) in [5.74, 6) is 2.59. The van der Waals surface area contributed by atoms with Gasteiger partial charge in [0.15, 0.2) is 11.5 Å². The Bertz CT molecular complexity index is 736. The maximum atomic E-state index is 13.2. The molecule has 0 radical (unpaired) electrons. The standard InChI is InChI=1S/C20H23NO3/c1-23-16-6-2-4-14-18(16)24-17-7-3-5-15-19(22)21(12-13-8-9-13)11-10-20(14,15)17/h2,4-6,13,17H,3,7-12H2,1H3. The molecule has 1 saturated heterocycles. The van der Waals surface area contributed by atoms with Crippen LogP contribution in [0, 0.1) is 5.92 Å². The molecule has 1 aromatic carbocycles. The minimum Gasteiger partial charge on any atom is -0.493 e. The van der Waals surface area contributed by atoms with Crippen molar-refractivity contribution in [3.05, 3.63) is 35.4 Å². The van der Waals surface area contributed by atoms with Crippen LogP contribution in [-0.2, 0) is 10.2 Å². The second kappa shape index (κ2) is 5.01. The van der Waals surface area contributed by atoms with Crippen molar-refractivity contribution in [3.8, 4) is 11.5 Å². The lowest BCUT2D eigenvalue weighted by Crippen LogP contribution is -2.54. The first kappa shape index (κ1) is 14.4. The minimum atomic E-state index is -0.265. The van der Waals surface area contributed by atoms with Gasteiger partial charge in [-0.15, -0.1) is 0 Å². The van der Waals surface area contributed by atoms with E-state index in [2.05, 4.69) is 17.0 Å². The fourth-order valence-corrected chi connectivity index (χ4v) is 4.83. The van der Waals surface area contributed by atoms with Crippen molar-refractivity contribution in [1.29, 1.82) is 0 Å². The smallest absolute Gasteiger partial charge is 0.250 e. The number of carbonyl (C=O) groups is 1. The zero-order chi connectivity index (χ0) is 16.3. The van der Waals surface area contributed by atoms with Crippen LogP contribution in [0.25, 0.3) is 0 Å². The predicted octanol–water partition coefficient (Wildman–Crippen LogP) is 3.06. The van der Waals surface area contributed by atoms with Crippen LogP contribution in [0.4, 0.5) is 0 Å². The van der Waals surface area contributed by atoms with Crippen molar-refractivity contribution < 1.29 is 14.3 Å². The third-order valence-electron chi connectivity index (χ3n) is 6.22. The van der Waals surface area contributed by atoms with Gasteiger partial charge in [0.25, 0.3) is 5.91 Å². The molecule has 126 valence electrons. The second-order valence-corrected chi connectivity index (χ2v) is 7.55. The first-order chi connectivity index (χ1) is 11.7. The summed E-state index contributed by atoms with van der Waals surface area (Å²) in [5, 5.41) is 0. The molecule has 2 aliphatic carbocycles. The highest BCUT2D eigenvalue weighted by atomic mass is 16.5. The number of ether oxygens (including phenoxy) is 2. The summed E-state index contributed by atoms with van der Waals surface area (Å²) < 4.78 is 11.8. The monoisotopic (exact) mass is 325 g/mol. The number of para-hydroxylation sites is 1. The van der Waals surface area contributed by atoms with Gasteiger partial charge in [-0.25, -0.2) is 0 Å². The number of hydrogen-bond acceptors (Lipinski definition) is 3. The van der Waals surface area contributed by atoms with Crippen molar-refractivity contribution >= 4 is 5.91 Å². The van der Waals surface area contributed by atoms with E-state index in [0.717, 1.165) is 60.9 Å². The van der Waals surface area contributed by atoms with E-state index in [4.69, 9.17) is 9.47 Å². The zero-order valence-corrected chi connectivity index (χ0v) is 14.1. The Labute approximate surface area is 142 Å². The van der Waals surface area contributed by atoms with E-state index < -0.39 is 0 Å². The second-order valence-electron chi connectivity index (χ2n) is 7.55. The summed E-state index contributed by atoms with van der Waals surface area (Å²) in [4.78, 5) is 15.3. The van der Waals surface area contributed by atoms with Gasteiger partial charge in [0.1, 0.15) is 6.10 Å². The lowest BCUT2D eigenvalue weighted by molar-refractivity contribution is -0.131. The summed E-state index contributed by atoms with van der Waals surface area (Å²) >= 11 is 0. The van der Waals surface area contributed by atoms with Crippen LogP contribution in [0.5, 0.6) is 11.5 Å². The number of likely N-dealkylation sites (tertiary alicyclic amines) is 1. The van der Waals surface area contributed by atoms with Crippen LogP contribution < -0.4 is 9.47 Å². The third kappa shape index (κ3) is 1.83. The molecule has 1 spiro atoms. The zero-order valence-electron chi connectivity index (χ0n) is 14.1. The molecule has 0 bridgehead atoms. The van der Waals surface area contributed by atoms with Gasteiger partial charge in [0, 0.05) is 24.2 Å². The van der Waals surface area contributed by atoms with Gasteiger partial charge in [-0.3, -0.25) is 4.79 Å². The Hall–Kier alpha value is -1.97. The normalized spacial score (nSPS) is 30.9. The molecule has 2 fully saturated rings. The third-order valence-corrected chi connectivity index (χ3v) is 6.22. The van der Waals surface area contributed by atoms with Crippen LogP contribution in [0.15, 0.2) is 29.8 Å². The van der Waals surface area contributed by atoms with Crippen molar-refractivity contribution in [2.75, 3.05) is 20.2 Å². The lowest BCUT2D eigenvalue weighted by Gasteiger charge is -2.45. The Morgan fingerprint density at radius 3 is 3.00 bits per heavy atom. The highest BCUT2D eigenvalue weighted by molar-refractivity contribution is 5.98. The highest BCUT2D eigenvalue weighted by Gasteiger charge is 2.57. The molecule has 2 atom stereocenters. The number of carbonyl (C=O) groups excluding carboxylic acids is 1. The van der Waals surface area contributed by atoms with Gasteiger partial charge >= 0.3 is 0 Å². The maximum Gasteiger partial charge on any atom is 0.250 e. The van der Waals surface area contributed by atoms with Crippen LogP contribution in [0.1, 0.15) is 37.7 Å². The molecule has 1 saturated carbocycles. The first-order valence-corrected chi connectivity index (χ1v) is 9.08. The molecule has 4 nitrogen and oxygen atoms in total. The van der Waals surface area contributed by atoms with E-state index in [1.54, 1.807) is 7.11 Å². The molecule has 2 unspecified atom stereocenters. The number of hydrogen-bond donors (Lipinski definition) is 0. The Morgan fingerprint density at radius 2 is 2.21 bits per heavy atom. The Balaban J connectivity index is 1.59. The highest BCUT2D eigenvalue weighted by Crippen LogP contribution is 2.57. The lowest BCUT2D eigenvalue weighted by atomic mass is 9.63. The first-order valence-electron chi connectivity index (χ1n) is 9.08. The number of benzene rings is 1. The predicted molar refractivity (Wildman–Crippen MR) is 90.3 cm³/mol. The van der Waals surface area contributed by atoms with Gasteiger partial charge in [-0.2, -0.15) is 0 Å². The average Bonchev–Trinajstić information content (AvgIpc) is 3.36. The minimum absolute atomic E-state index is 0.0656. The summed E-state index contributed by atoms with van der Waals surface area (Å²) in [5.41, 5.74) is 1.86. The number of allylic oxidation sites excluding steroid dienone is 1. The fraction of sp³-hybridized carbons (Fsp3) is 0.550. The van der Waals surface area contributed by atoms with Crippen molar-refractivity contribution in [2.45, 2.75) is 43.6 Å². The van der Waals surface area contributed by atoms with Crippen LogP contribution in [0.3, 0.4) is 0 Å². The molecule has 1 amide bonds. The summed E-state index contributed by atoms with van der Waals surface area (Å²) in [7, 11) is 1.68. The van der Waals surface area contributed by atoms with Crippen molar-refractivity contribution in [3.63, 3.8) is 0 Å². The molecule has 0 aromatic heterocycles. The quantitative estimate of drug-likeness (QED) is 0.857. The summed E-state index contributed by atoms with van der Waals surface area (Å²) in [6.45, 7) is 1.77. The Kier molecular flexibility index (Phi) is 3.00. The molecular weight excluding hydrogens is 302 g/mol. The van der Waals surface area contributed by atoms with Crippen LogP contribution in [0.2, 0.25) is 0 Å². The topological polar surface area (TPSA) is 38.8 Å². The molecule has 0 N–H and O–H groups in total. The number of piperidine rings is 1. The molecule has 2 heterocycles. The Morgan fingerprint density at radius 1 is 1.33 bits per heavy atom. The van der Waals surface area contributed by atoms with E-state index >= 15 is 0 Å². The average molecular weight is 325 g/mol. The van der Waals surface area contributed by atoms with Crippen molar-refractivity contribution in [1.82, 2.24) is 4.90 Å². The van der Waals surface area contributed by atoms with Gasteiger partial charge in [-0.05, 0) is 44.1 Å². The largest absolute Gasteiger partial charge is 0.493 e. The van der Waals surface area contributed by atoms with Gasteiger partial charge in [0.2, 0.25) is 0 Å². The molecule has 5 rings (SSSR count). The van der Waals surface area contributed by atoms with Gasteiger partial charge < -0.3 is 14.4 Å². The fourth-order valence-electron chi connectivity index (χ4n) is 4.83. The number of nitrogens with zero attached hydrogens (tertiary/aromatic N) is 1. The number of methoxy groups -OCH3 is 1. The van der Waals surface area contributed by atoms with E-state index in [9.17, 15) is 4.79 Å². The van der Waals surface area contributed by atoms with Crippen LogP contribution in [-0.4, -0.2) is 37.1 Å². The molecular formula is C20H23NO3. The summed E-state index contributed by atoms with van der Waals surface area (Å²) in [6.07, 6.45) is 7.64. The van der Waals surface area contributed by atoms with E-state index in [0.29, 0.717) is 0 Å². The van der Waals surface area contributed by atoms with E-state index in [1.165, 1.54) is 12.8 Å². The number of rotatable bonds is 3. The maximum absolute atomic E-state index is 13.2. The van der Waals surface area contributed by atoms with Gasteiger partial charge in [0.05, 0.1) is 12.5 Å². The van der Waals surface area contributed by atoms with E-state index in [-0.39, 0.29) is 17.4 Å². The SMILES string of the molecule is COc1cccc2c1OC1CCC=C3C(=O)N(CC4CC4)CCC321. The molecule has 4 aliphatic rings.